The summed E-state index contributed by atoms with van der Waals surface area (Å²) in [5.41, 5.74) is 1.81. The zero-order chi connectivity index (χ0) is 19.7. The quantitative estimate of drug-likeness (QED) is 0.659. The number of carbonyl (C=O) groups is 2. The molecule has 1 saturated heterocycles. The molecule has 9 nitrogen and oxygen atoms in total. The Morgan fingerprint density at radius 1 is 1.36 bits per heavy atom. The highest BCUT2D eigenvalue weighted by molar-refractivity contribution is 5.99. The normalized spacial score (nSPS) is 16.2. The fraction of sp³-hybridized carbons (Fsp3) is 0.389. The van der Waals surface area contributed by atoms with E-state index < -0.39 is 0 Å². The van der Waals surface area contributed by atoms with Gasteiger partial charge in [-0.15, -0.1) is 5.10 Å². The van der Waals surface area contributed by atoms with Gasteiger partial charge in [-0.3, -0.25) is 9.59 Å². The van der Waals surface area contributed by atoms with Crippen LogP contribution < -0.4 is 5.32 Å². The minimum atomic E-state index is -0.336. The van der Waals surface area contributed by atoms with Gasteiger partial charge in [-0.1, -0.05) is 0 Å². The molecule has 1 unspecified atom stereocenters. The number of nitrogens with zero attached hydrogens (tertiary/aromatic N) is 5. The number of amides is 2. The third-order valence-electron chi connectivity index (χ3n) is 5.04. The second kappa shape index (κ2) is 7.37. The molecular formula is C18H20FN7O2. The number of rotatable bonds is 6. The van der Waals surface area contributed by atoms with Crippen molar-refractivity contribution in [2.75, 3.05) is 13.1 Å². The maximum Gasteiger partial charge on any atom is 0.270 e. The molecule has 1 aliphatic rings. The number of hydrogen-bond acceptors (Lipinski definition) is 5. The van der Waals surface area contributed by atoms with E-state index in [1.54, 1.807) is 11.0 Å². The van der Waals surface area contributed by atoms with Gasteiger partial charge < -0.3 is 15.2 Å². The number of tetrazole rings is 1. The smallest absolute Gasteiger partial charge is 0.270 e. The molecule has 2 amide bonds. The van der Waals surface area contributed by atoms with Gasteiger partial charge in [0.05, 0.1) is 12.6 Å². The van der Waals surface area contributed by atoms with Crippen LogP contribution in [0.3, 0.4) is 0 Å². The number of fused-ring (bicyclic) bond motifs is 1. The molecule has 0 saturated carbocycles. The lowest BCUT2D eigenvalue weighted by Gasteiger charge is -2.40. The van der Waals surface area contributed by atoms with Crippen molar-refractivity contribution >= 4 is 22.7 Å². The van der Waals surface area contributed by atoms with E-state index in [9.17, 15) is 14.0 Å². The Morgan fingerprint density at radius 3 is 2.93 bits per heavy atom. The third-order valence-corrected chi connectivity index (χ3v) is 5.04. The van der Waals surface area contributed by atoms with Crippen LogP contribution in [-0.4, -0.2) is 61.0 Å². The second-order valence-corrected chi connectivity index (χ2v) is 6.93. The Labute approximate surface area is 159 Å². The minimum absolute atomic E-state index is 0.0475. The Hall–Kier alpha value is -3.30. The molecule has 0 radical (unpaired) electrons. The van der Waals surface area contributed by atoms with Gasteiger partial charge in [-0.2, -0.15) is 0 Å². The highest BCUT2D eigenvalue weighted by Gasteiger charge is 2.33. The average Bonchev–Trinajstić information content (AvgIpc) is 3.28. The molecule has 2 N–H and O–H groups in total. The molecule has 3 heterocycles. The third kappa shape index (κ3) is 3.57. The molecule has 4 rings (SSSR count). The van der Waals surface area contributed by atoms with Gasteiger partial charge in [-0.25, -0.2) is 9.07 Å². The summed E-state index contributed by atoms with van der Waals surface area (Å²) in [5.74, 6) is -0.598. The van der Waals surface area contributed by atoms with Crippen molar-refractivity contribution < 1.29 is 14.0 Å². The average molecular weight is 385 g/mol. The molecular weight excluding hydrogens is 365 g/mol. The van der Waals surface area contributed by atoms with E-state index in [2.05, 4.69) is 25.8 Å². The molecule has 1 fully saturated rings. The first-order chi connectivity index (χ1) is 13.5. The number of nitrogens with one attached hydrogen (secondary N) is 2. The number of carbonyl (C=O) groups excluding carboxylic acids is 2. The second-order valence-electron chi connectivity index (χ2n) is 6.93. The van der Waals surface area contributed by atoms with Crippen LogP contribution >= 0.6 is 0 Å². The van der Waals surface area contributed by atoms with Crippen molar-refractivity contribution in [1.82, 2.24) is 35.4 Å². The Morgan fingerprint density at radius 2 is 2.21 bits per heavy atom. The van der Waals surface area contributed by atoms with Crippen LogP contribution in [0.1, 0.15) is 28.9 Å². The molecule has 10 heteroatoms. The first kappa shape index (κ1) is 18.1. The summed E-state index contributed by atoms with van der Waals surface area (Å²) in [6.07, 6.45) is 2.54. The first-order valence-electron chi connectivity index (χ1n) is 9.08. The van der Waals surface area contributed by atoms with Crippen molar-refractivity contribution in [2.45, 2.75) is 32.4 Å². The molecule has 1 aliphatic heterocycles. The van der Waals surface area contributed by atoms with Gasteiger partial charge in [0.1, 0.15) is 17.8 Å². The minimum Gasteiger partial charge on any atom is -0.354 e. The van der Waals surface area contributed by atoms with Gasteiger partial charge in [0, 0.05) is 30.4 Å². The summed E-state index contributed by atoms with van der Waals surface area (Å²) in [6, 6.07) is 4.54. The summed E-state index contributed by atoms with van der Waals surface area (Å²) in [6.45, 7) is 3.24. The number of aryl methyl sites for hydroxylation is 2. The lowest BCUT2D eigenvalue weighted by Crippen LogP contribution is -2.56. The van der Waals surface area contributed by atoms with Crippen LogP contribution in [-0.2, 0) is 11.3 Å². The van der Waals surface area contributed by atoms with Crippen molar-refractivity contribution in [3.63, 3.8) is 0 Å². The Bertz CT molecular complexity index is 1010. The van der Waals surface area contributed by atoms with E-state index in [0.29, 0.717) is 30.8 Å². The van der Waals surface area contributed by atoms with Crippen molar-refractivity contribution in [1.29, 1.82) is 0 Å². The van der Waals surface area contributed by atoms with Gasteiger partial charge in [-0.05, 0) is 47.5 Å². The highest BCUT2D eigenvalue weighted by atomic mass is 19.1. The zero-order valence-corrected chi connectivity index (χ0v) is 15.4. The van der Waals surface area contributed by atoms with E-state index in [-0.39, 0.29) is 30.1 Å². The zero-order valence-electron chi connectivity index (χ0n) is 15.4. The topological polar surface area (TPSA) is 109 Å². The molecule has 28 heavy (non-hydrogen) atoms. The number of halogens is 1. The summed E-state index contributed by atoms with van der Waals surface area (Å²) in [5, 5.41) is 14.4. The molecule has 1 aromatic carbocycles. The lowest BCUT2D eigenvalue weighted by molar-refractivity contribution is -0.121. The van der Waals surface area contributed by atoms with E-state index in [1.165, 1.54) is 23.1 Å². The number of hydrogen-bond donors (Lipinski definition) is 2. The van der Waals surface area contributed by atoms with Crippen molar-refractivity contribution in [2.24, 2.45) is 0 Å². The van der Waals surface area contributed by atoms with Gasteiger partial charge in [0.25, 0.3) is 5.91 Å². The first-order valence-corrected chi connectivity index (χ1v) is 9.08. The largest absolute Gasteiger partial charge is 0.354 e. The summed E-state index contributed by atoms with van der Waals surface area (Å²) in [4.78, 5) is 29.5. The fourth-order valence-electron chi connectivity index (χ4n) is 3.38. The molecule has 2 aromatic heterocycles. The monoisotopic (exact) mass is 385 g/mol. The van der Waals surface area contributed by atoms with Gasteiger partial charge in [0.15, 0.2) is 0 Å². The fourth-order valence-corrected chi connectivity index (χ4v) is 3.38. The van der Waals surface area contributed by atoms with Crippen LogP contribution in [0.4, 0.5) is 4.39 Å². The van der Waals surface area contributed by atoms with Crippen molar-refractivity contribution in [3.05, 3.63) is 41.6 Å². The van der Waals surface area contributed by atoms with Crippen LogP contribution in [0, 0.1) is 12.7 Å². The number of benzene rings is 1. The maximum atomic E-state index is 13.6. The molecule has 146 valence electrons. The Kier molecular flexibility index (Phi) is 4.76. The lowest BCUT2D eigenvalue weighted by atomic mass is 10.0. The van der Waals surface area contributed by atoms with E-state index >= 15 is 0 Å². The number of aromatic nitrogens is 5. The summed E-state index contributed by atoms with van der Waals surface area (Å²) < 4.78 is 15.1. The maximum absolute atomic E-state index is 13.6. The number of aromatic amines is 1. The standard InChI is InChI=1S/C18H20FN7O2/c1-11-6-12(19)7-15-14(11)8-16(22-15)18(28)26-5-2-13(26)9-20-17(27)3-4-25-10-21-23-24-25/h6-8,10,13,22H,2-5,9H2,1H3,(H,20,27). The van der Waals surface area contributed by atoms with Gasteiger partial charge >= 0.3 is 0 Å². The van der Waals surface area contributed by atoms with Crippen LogP contribution in [0.2, 0.25) is 0 Å². The molecule has 0 aliphatic carbocycles. The molecule has 0 bridgehead atoms. The molecule has 0 spiro atoms. The van der Waals surface area contributed by atoms with E-state index in [1.807, 2.05) is 6.92 Å². The molecule has 3 aromatic rings. The summed E-state index contributed by atoms with van der Waals surface area (Å²) >= 11 is 0. The van der Waals surface area contributed by atoms with E-state index in [0.717, 1.165) is 17.4 Å². The predicted molar refractivity (Wildman–Crippen MR) is 97.9 cm³/mol. The number of H-pyrrole nitrogens is 1. The summed E-state index contributed by atoms with van der Waals surface area (Å²) in [7, 11) is 0. The van der Waals surface area contributed by atoms with Crippen LogP contribution in [0.25, 0.3) is 10.9 Å². The number of likely N-dealkylation sites (tertiary alicyclic amines) is 1. The van der Waals surface area contributed by atoms with Crippen LogP contribution in [0.15, 0.2) is 24.5 Å². The van der Waals surface area contributed by atoms with Crippen molar-refractivity contribution in [3.8, 4) is 0 Å². The highest BCUT2D eigenvalue weighted by Crippen LogP contribution is 2.25. The van der Waals surface area contributed by atoms with Gasteiger partial charge in [0.2, 0.25) is 5.91 Å². The van der Waals surface area contributed by atoms with E-state index in [4.69, 9.17) is 0 Å². The molecule has 1 atom stereocenters. The van der Waals surface area contributed by atoms with Crippen LogP contribution in [0.5, 0.6) is 0 Å². The SMILES string of the molecule is Cc1cc(F)cc2[nH]c(C(=O)N3CCC3CNC(=O)CCn3cnnn3)cc12. The predicted octanol–water partition coefficient (Wildman–Crippen LogP) is 1.02. The Balaban J connectivity index is 1.34.